The number of rotatable bonds is 4. The normalized spacial score (nSPS) is 11.8. The lowest BCUT2D eigenvalue weighted by atomic mass is 10.2. The monoisotopic (exact) mass is 358 g/mol. The zero-order chi connectivity index (χ0) is 17.3. The summed E-state index contributed by atoms with van der Waals surface area (Å²) in [5.74, 6) is 0.698. The van der Waals surface area contributed by atoms with Gasteiger partial charge in [-0.25, -0.2) is 4.99 Å². The molecule has 0 spiro atoms. The number of aromatic nitrogens is 3. The van der Waals surface area contributed by atoms with Crippen molar-refractivity contribution in [2.45, 2.75) is 6.54 Å². The van der Waals surface area contributed by atoms with Crippen molar-refractivity contribution in [1.82, 2.24) is 14.8 Å². The lowest BCUT2D eigenvalue weighted by Gasteiger charge is -2.04. The van der Waals surface area contributed by atoms with Crippen LogP contribution in [-0.4, -0.2) is 21.0 Å². The lowest BCUT2D eigenvalue weighted by molar-refractivity contribution is 0.560. The first-order valence-electron chi connectivity index (χ1n) is 8.24. The Balaban J connectivity index is 1.52. The van der Waals surface area contributed by atoms with E-state index >= 15 is 0 Å². The summed E-state index contributed by atoms with van der Waals surface area (Å²) < 4.78 is 7.53. The van der Waals surface area contributed by atoms with Crippen LogP contribution in [0.1, 0.15) is 10.8 Å². The minimum absolute atomic E-state index is 0.622. The molecule has 0 saturated carbocycles. The van der Waals surface area contributed by atoms with Gasteiger partial charge in [-0.05, 0) is 24.3 Å². The third kappa shape index (κ3) is 2.60. The summed E-state index contributed by atoms with van der Waals surface area (Å²) in [6, 6.07) is 20.6. The number of hydrogen-bond acceptors (Lipinski definition) is 5. The lowest BCUT2D eigenvalue weighted by Crippen LogP contribution is -1.98. The molecule has 3 heterocycles. The van der Waals surface area contributed by atoms with Crippen LogP contribution in [0.25, 0.3) is 21.8 Å². The van der Waals surface area contributed by atoms with Gasteiger partial charge in [0.2, 0.25) is 5.13 Å². The first kappa shape index (κ1) is 15.0. The van der Waals surface area contributed by atoms with E-state index in [0.717, 1.165) is 5.01 Å². The highest BCUT2D eigenvalue weighted by atomic mass is 32.1. The van der Waals surface area contributed by atoms with Crippen LogP contribution < -0.4 is 0 Å². The van der Waals surface area contributed by atoms with Gasteiger partial charge >= 0.3 is 0 Å². The number of fused-ring (bicyclic) bond motifs is 3. The zero-order valence-electron chi connectivity index (χ0n) is 13.7. The van der Waals surface area contributed by atoms with Gasteiger partial charge in [-0.3, -0.25) is 0 Å². The van der Waals surface area contributed by atoms with E-state index in [2.05, 4.69) is 68.3 Å². The average molecular weight is 358 g/mol. The van der Waals surface area contributed by atoms with Crippen LogP contribution in [0.15, 0.2) is 76.3 Å². The minimum Gasteiger partial charge on any atom is -0.463 e. The molecule has 0 aliphatic heterocycles. The third-order valence-electron chi connectivity index (χ3n) is 4.27. The van der Waals surface area contributed by atoms with Gasteiger partial charge in [-0.1, -0.05) is 47.7 Å². The Morgan fingerprint density at radius 3 is 2.35 bits per heavy atom. The highest BCUT2D eigenvalue weighted by Gasteiger charge is 2.12. The second-order valence-corrected chi connectivity index (χ2v) is 6.91. The molecule has 5 nitrogen and oxygen atoms in total. The summed E-state index contributed by atoms with van der Waals surface area (Å²) >= 11 is 1.49. The van der Waals surface area contributed by atoms with Crippen LogP contribution >= 0.6 is 11.3 Å². The van der Waals surface area contributed by atoms with E-state index in [1.165, 1.54) is 33.1 Å². The fraction of sp³-hybridized carbons (Fsp3) is 0.0500. The second-order valence-electron chi connectivity index (χ2n) is 5.87. The van der Waals surface area contributed by atoms with Crippen molar-refractivity contribution in [3.63, 3.8) is 0 Å². The van der Waals surface area contributed by atoms with Crippen LogP contribution in [0.4, 0.5) is 5.13 Å². The molecule has 0 saturated heterocycles. The molecule has 5 rings (SSSR count). The summed E-state index contributed by atoms with van der Waals surface area (Å²) in [5.41, 5.74) is 2.40. The van der Waals surface area contributed by atoms with E-state index in [9.17, 15) is 0 Å². The van der Waals surface area contributed by atoms with E-state index in [-0.39, 0.29) is 0 Å². The molecule has 0 radical (unpaired) electrons. The van der Waals surface area contributed by atoms with Crippen molar-refractivity contribution in [2.75, 3.05) is 0 Å². The van der Waals surface area contributed by atoms with Crippen molar-refractivity contribution < 1.29 is 4.42 Å². The van der Waals surface area contributed by atoms with E-state index in [0.29, 0.717) is 17.4 Å². The zero-order valence-corrected chi connectivity index (χ0v) is 14.6. The van der Waals surface area contributed by atoms with Gasteiger partial charge in [0.05, 0.1) is 19.0 Å². The standard InChI is InChI=1S/C20H14N4OS/c1-3-9-17-15(7-1)16-8-2-4-10-18(16)24(17)13-19-22-23-20(26-19)21-12-14-6-5-11-25-14/h1-12H,13H2/b21-12+. The highest BCUT2D eigenvalue weighted by Crippen LogP contribution is 2.30. The molecule has 3 aromatic heterocycles. The van der Waals surface area contributed by atoms with Crippen LogP contribution in [0, 0.1) is 0 Å². The molecular formula is C20H14N4OS. The van der Waals surface area contributed by atoms with Gasteiger partial charge in [0.15, 0.2) is 0 Å². The van der Waals surface area contributed by atoms with Crippen molar-refractivity contribution in [3.05, 3.63) is 77.7 Å². The molecule has 0 atom stereocenters. The number of para-hydroxylation sites is 2. The van der Waals surface area contributed by atoms with Gasteiger partial charge in [0.1, 0.15) is 10.8 Å². The largest absolute Gasteiger partial charge is 0.463 e. The molecule has 0 aliphatic carbocycles. The summed E-state index contributed by atoms with van der Waals surface area (Å²) in [6.07, 6.45) is 3.28. The molecule has 0 amide bonds. The van der Waals surface area contributed by atoms with Gasteiger partial charge in [-0.15, -0.1) is 10.2 Å². The molecule has 6 heteroatoms. The molecule has 26 heavy (non-hydrogen) atoms. The predicted octanol–water partition coefficient (Wildman–Crippen LogP) is 5.04. The quantitative estimate of drug-likeness (QED) is 0.423. The third-order valence-corrected chi connectivity index (χ3v) is 5.09. The van der Waals surface area contributed by atoms with E-state index in [4.69, 9.17) is 4.42 Å². The molecule has 2 aromatic carbocycles. The summed E-state index contributed by atoms with van der Waals surface area (Å²) in [6.45, 7) is 0.669. The molecule has 0 N–H and O–H groups in total. The Morgan fingerprint density at radius 1 is 0.923 bits per heavy atom. The Hall–Kier alpha value is -3.25. The topological polar surface area (TPSA) is 56.2 Å². The van der Waals surface area contributed by atoms with Crippen molar-refractivity contribution in [2.24, 2.45) is 4.99 Å². The van der Waals surface area contributed by atoms with Crippen LogP contribution in [0.5, 0.6) is 0 Å². The molecule has 0 fully saturated rings. The van der Waals surface area contributed by atoms with E-state index in [1.807, 2.05) is 12.1 Å². The smallest absolute Gasteiger partial charge is 0.231 e. The van der Waals surface area contributed by atoms with Crippen molar-refractivity contribution in [3.8, 4) is 0 Å². The number of benzene rings is 2. The molecule has 0 aliphatic rings. The Bertz CT molecular complexity index is 1160. The minimum atomic E-state index is 0.622. The number of furan rings is 1. The maximum absolute atomic E-state index is 5.25. The fourth-order valence-corrected chi connectivity index (χ4v) is 3.83. The highest BCUT2D eigenvalue weighted by molar-refractivity contribution is 7.14. The first-order chi connectivity index (χ1) is 12.9. The predicted molar refractivity (Wildman–Crippen MR) is 104 cm³/mol. The number of nitrogens with zero attached hydrogens (tertiary/aromatic N) is 4. The Morgan fingerprint density at radius 2 is 1.65 bits per heavy atom. The maximum Gasteiger partial charge on any atom is 0.231 e. The van der Waals surface area contributed by atoms with E-state index < -0.39 is 0 Å². The first-order valence-corrected chi connectivity index (χ1v) is 9.06. The molecule has 0 bridgehead atoms. The number of aliphatic imine (C=N–C) groups is 1. The van der Waals surface area contributed by atoms with Crippen molar-refractivity contribution >= 4 is 44.5 Å². The van der Waals surface area contributed by atoms with E-state index in [1.54, 1.807) is 12.5 Å². The van der Waals surface area contributed by atoms with Crippen LogP contribution in [-0.2, 0) is 6.54 Å². The molecule has 126 valence electrons. The Kier molecular flexibility index (Phi) is 3.61. The van der Waals surface area contributed by atoms with Gasteiger partial charge in [0, 0.05) is 21.8 Å². The van der Waals surface area contributed by atoms with Gasteiger partial charge < -0.3 is 8.98 Å². The van der Waals surface area contributed by atoms with Crippen LogP contribution in [0.2, 0.25) is 0 Å². The molecule has 0 unspecified atom stereocenters. The van der Waals surface area contributed by atoms with Gasteiger partial charge in [-0.2, -0.15) is 0 Å². The summed E-state index contributed by atoms with van der Waals surface area (Å²) in [4.78, 5) is 4.34. The average Bonchev–Trinajstić information content (AvgIpc) is 3.41. The van der Waals surface area contributed by atoms with Crippen molar-refractivity contribution in [1.29, 1.82) is 0 Å². The second kappa shape index (κ2) is 6.24. The summed E-state index contributed by atoms with van der Waals surface area (Å²) in [7, 11) is 0. The SMILES string of the molecule is C(=N\c1nnc(Cn2c3ccccc3c3ccccc32)s1)/c1ccco1. The molecular weight excluding hydrogens is 344 g/mol. The summed E-state index contributed by atoms with van der Waals surface area (Å²) in [5, 5.41) is 12.5. The van der Waals surface area contributed by atoms with Crippen LogP contribution in [0.3, 0.4) is 0 Å². The van der Waals surface area contributed by atoms with Gasteiger partial charge in [0.25, 0.3) is 0 Å². The Labute approximate surface area is 153 Å². The fourth-order valence-electron chi connectivity index (χ4n) is 3.15. The molecule has 5 aromatic rings. The number of hydrogen-bond donors (Lipinski definition) is 0. The maximum atomic E-state index is 5.25.